The predicted octanol–water partition coefficient (Wildman–Crippen LogP) is 4.79. The average Bonchev–Trinajstić information content (AvgIpc) is 3.02. The lowest BCUT2D eigenvalue weighted by Gasteiger charge is -2.22. The number of unbranched alkanes of at least 4 members (excludes halogenated alkanes) is 12. The second kappa shape index (κ2) is 17.8. The van der Waals surface area contributed by atoms with Crippen molar-refractivity contribution in [1.82, 2.24) is 10.6 Å². The van der Waals surface area contributed by atoms with E-state index in [-0.39, 0.29) is 24.1 Å². The van der Waals surface area contributed by atoms with E-state index in [2.05, 4.69) is 17.6 Å². The minimum atomic E-state index is -0.610. The molecule has 0 aliphatic heterocycles. The minimum absolute atomic E-state index is 0.00805. The number of rotatable bonds is 18. The summed E-state index contributed by atoms with van der Waals surface area (Å²) in [5.74, 6) is -0.00805. The molecule has 0 heterocycles. The van der Waals surface area contributed by atoms with Crippen molar-refractivity contribution in [2.45, 2.75) is 115 Å². The van der Waals surface area contributed by atoms with Gasteiger partial charge in [0.05, 0.1) is 18.8 Å². The van der Waals surface area contributed by atoms with Crippen LogP contribution in [0.4, 0.5) is 4.79 Å². The predicted molar refractivity (Wildman–Crippen MR) is 123 cm³/mol. The lowest BCUT2D eigenvalue weighted by molar-refractivity contribution is -0.0278. The van der Waals surface area contributed by atoms with E-state index in [9.17, 15) is 9.90 Å². The summed E-state index contributed by atoms with van der Waals surface area (Å²) in [6.45, 7) is 3.43. The van der Waals surface area contributed by atoms with Gasteiger partial charge in [-0.2, -0.15) is 0 Å². The molecule has 1 saturated carbocycles. The van der Waals surface area contributed by atoms with Gasteiger partial charge >= 0.3 is 6.03 Å². The molecular formula is C24H48N2O4. The summed E-state index contributed by atoms with van der Waals surface area (Å²) >= 11 is 0. The number of nitrogens with one attached hydrogen (secondary N) is 2. The largest absolute Gasteiger partial charge is 0.390 e. The van der Waals surface area contributed by atoms with Crippen LogP contribution in [0.5, 0.6) is 0 Å². The summed E-state index contributed by atoms with van der Waals surface area (Å²) in [6.07, 6.45) is 16.8. The highest BCUT2D eigenvalue weighted by molar-refractivity contribution is 5.74. The molecule has 6 heteroatoms. The summed E-state index contributed by atoms with van der Waals surface area (Å²) in [7, 11) is 3.20. The second-order valence-electron chi connectivity index (χ2n) is 8.89. The van der Waals surface area contributed by atoms with Gasteiger partial charge in [0.15, 0.2) is 0 Å². The van der Waals surface area contributed by atoms with Crippen LogP contribution in [0.2, 0.25) is 0 Å². The Labute approximate surface area is 184 Å². The minimum Gasteiger partial charge on any atom is -0.390 e. The molecule has 0 aromatic carbocycles. The van der Waals surface area contributed by atoms with E-state index in [1.165, 1.54) is 70.6 Å². The number of aliphatic hydroxyl groups excluding tert-OH is 1. The molecule has 0 saturated heterocycles. The molecule has 1 unspecified atom stereocenters. The highest BCUT2D eigenvalue weighted by atomic mass is 16.5. The van der Waals surface area contributed by atoms with Gasteiger partial charge in [-0.25, -0.2) is 4.79 Å². The fraction of sp³-hybridized carbons (Fsp3) is 0.958. The number of aliphatic hydroxyl groups is 1. The molecule has 6 nitrogen and oxygen atoms in total. The Morgan fingerprint density at radius 3 is 1.93 bits per heavy atom. The van der Waals surface area contributed by atoms with Crippen molar-refractivity contribution < 1.29 is 19.4 Å². The Kier molecular flexibility index (Phi) is 16.1. The first-order chi connectivity index (χ1) is 14.6. The van der Waals surface area contributed by atoms with Crippen LogP contribution >= 0.6 is 0 Å². The number of hydrogen-bond acceptors (Lipinski definition) is 4. The number of ether oxygens (including phenoxy) is 2. The molecule has 1 aliphatic carbocycles. The van der Waals surface area contributed by atoms with E-state index >= 15 is 0 Å². The number of methoxy groups -OCH3 is 2. The van der Waals surface area contributed by atoms with E-state index in [1.54, 1.807) is 14.2 Å². The molecule has 0 aromatic rings. The van der Waals surface area contributed by atoms with Crippen LogP contribution in [0.15, 0.2) is 0 Å². The van der Waals surface area contributed by atoms with Crippen molar-refractivity contribution in [3.63, 3.8) is 0 Å². The molecule has 0 aromatic heterocycles. The van der Waals surface area contributed by atoms with Crippen LogP contribution in [0.3, 0.4) is 0 Å². The van der Waals surface area contributed by atoms with Crippen LogP contribution in [0.25, 0.3) is 0 Å². The number of carbonyl (C=O) groups is 1. The molecule has 178 valence electrons. The maximum Gasteiger partial charge on any atom is 0.315 e. The number of carbonyl (C=O) groups excluding carboxylic acids is 1. The first-order valence-corrected chi connectivity index (χ1v) is 12.4. The topological polar surface area (TPSA) is 79.8 Å². The van der Waals surface area contributed by atoms with Crippen molar-refractivity contribution >= 4 is 6.03 Å². The van der Waals surface area contributed by atoms with Crippen LogP contribution in [0.1, 0.15) is 96.8 Å². The van der Waals surface area contributed by atoms with E-state index in [4.69, 9.17) is 9.47 Å². The maximum absolute atomic E-state index is 12.2. The molecule has 0 spiro atoms. The van der Waals surface area contributed by atoms with Gasteiger partial charge in [0.2, 0.25) is 0 Å². The summed E-state index contributed by atoms with van der Waals surface area (Å²) in [4.78, 5) is 12.2. The molecule has 30 heavy (non-hydrogen) atoms. The van der Waals surface area contributed by atoms with E-state index in [0.717, 1.165) is 12.8 Å². The first-order valence-electron chi connectivity index (χ1n) is 12.4. The van der Waals surface area contributed by atoms with E-state index < -0.39 is 6.10 Å². The highest BCUT2D eigenvalue weighted by Gasteiger charge is 2.43. The van der Waals surface area contributed by atoms with Gasteiger partial charge in [0.1, 0.15) is 6.10 Å². The number of amides is 2. The van der Waals surface area contributed by atoms with Gasteiger partial charge < -0.3 is 25.2 Å². The van der Waals surface area contributed by atoms with Gasteiger partial charge in [0, 0.05) is 26.7 Å². The lowest BCUT2D eigenvalue weighted by Crippen LogP contribution is -2.48. The van der Waals surface area contributed by atoms with Crippen LogP contribution in [0, 0.1) is 5.92 Å². The fourth-order valence-corrected chi connectivity index (χ4v) is 4.50. The third kappa shape index (κ3) is 11.5. The Balaban J connectivity index is 1.96. The fourth-order valence-electron chi connectivity index (χ4n) is 4.50. The van der Waals surface area contributed by atoms with E-state index in [1.807, 2.05) is 0 Å². The lowest BCUT2D eigenvalue weighted by atomic mass is 10.0. The number of hydrogen-bond donors (Lipinski definition) is 3. The van der Waals surface area contributed by atoms with Crippen LogP contribution in [-0.4, -0.2) is 56.8 Å². The normalized spacial score (nSPS) is 23.6. The second-order valence-corrected chi connectivity index (χ2v) is 8.89. The van der Waals surface area contributed by atoms with Gasteiger partial charge in [-0.3, -0.25) is 0 Å². The smallest absolute Gasteiger partial charge is 0.315 e. The van der Waals surface area contributed by atoms with Gasteiger partial charge in [0.25, 0.3) is 0 Å². The van der Waals surface area contributed by atoms with E-state index in [0.29, 0.717) is 19.6 Å². The molecular weight excluding hydrogens is 380 g/mol. The monoisotopic (exact) mass is 428 g/mol. The summed E-state index contributed by atoms with van der Waals surface area (Å²) in [5, 5.41) is 16.2. The summed E-state index contributed by atoms with van der Waals surface area (Å²) < 4.78 is 10.5. The van der Waals surface area contributed by atoms with Crippen molar-refractivity contribution in [2.75, 3.05) is 27.4 Å². The summed E-state index contributed by atoms with van der Waals surface area (Å²) in [5.41, 5.74) is 0. The first kappa shape index (κ1) is 27.2. The quantitative estimate of drug-likeness (QED) is 0.274. The SMILES string of the molecule is CCCCCCCCCCCCCCCNC(=O)N[C@@H]1C[C@H](COC)[C@H](O)C1OC. The number of urea groups is 1. The Hall–Kier alpha value is -0.850. The Morgan fingerprint density at radius 1 is 0.900 bits per heavy atom. The van der Waals surface area contributed by atoms with Crippen LogP contribution < -0.4 is 10.6 Å². The third-order valence-electron chi connectivity index (χ3n) is 6.31. The zero-order chi connectivity index (χ0) is 22.0. The zero-order valence-corrected chi connectivity index (χ0v) is 19.8. The third-order valence-corrected chi connectivity index (χ3v) is 6.31. The van der Waals surface area contributed by atoms with Crippen molar-refractivity contribution in [2.24, 2.45) is 5.92 Å². The Morgan fingerprint density at radius 2 is 1.43 bits per heavy atom. The molecule has 1 rings (SSSR count). The highest BCUT2D eigenvalue weighted by Crippen LogP contribution is 2.28. The van der Waals surface area contributed by atoms with Crippen molar-refractivity contribution in [3.05, 3.63) is 0 Å². The van der Waals surface area contributed by atoms with Gasteiger partial charge in [-0.1, -0.05) is 84.0 Å². The molecule has 2 amide bonds. The van der Waals surface area contributed by atoms with Crippen molar-refractivity contribution in [1.29, 1.82) is 0 Å². The average molecular weight is 429 g/mol. The molecule has 4 atom stereocenters. The summed E-state index contributed by atoms with van der Waals surface area (Å²) in [6, 6.07) is -0.358. The molecule has 0 radical (unpaired) electrons. The zero-order valence-electron chi connectivity index (χ0n) is 19.8. The standard InChI is InChI=1S/C24H48N2O4/c1-4-5-6-7-8-9-10-11-12-13-14-15-16-17-25-24(28)26-21-18-20(19-29-2)22(27)23(21)30-3/h20-23,27H,4-19H2,1-3H3,(H2,25,26,28)/t20-,21-,22+,23?/m1/s1. The molecule has 1 aliphatic rings. The molecule has 1 fully saturated rings. The van der Waals surface area contributed by atoms with Gasteiger partial charge in [-0.15, -0.1) is 0 Å². The van der Waals surface area contributed by atoms with Gasteiger partial charge in [-0.05, 0) is 12.8 Å². The van der Waals surface area contributed by atoms with Crippen LogP contribution in [-0.2, 0) is 9.47 Å². The Bertz CT molecular complexity index is 422. The van der Waals surface area contributed by atoms with Crippen molar-refractivity contribution in [3.8, 4) is 0 Å². The maximum atomic E-state index is 12.2. The molecule has 3 N–H and O–H groups in total. The molecule has 0 bridgehead atoms.